The zero-order valence-corrected chi connectivity index (χ0v) is 13.1. The van der Waals surface area contributed by atoms with Gasteiger partial charge in [-0.2, -0.15) is 0 Å². The highest BCUT2D eigenvalue weighted by Crippen LogP contribution is 2.26. The molecule has 0 aliphatic heterocycles. The highest BCUT2D eigenvalue weighted by atomic mass is 16.5. The van der Waals surface area contributed by atoms with E-state index in [0.29, 0.717) is 6.04 Å². The number of fused-ring (bicyclic) bond motifs is 1. The van der Waals surface area contributed by atoms with Crippen molar-refractivity contribution < 1.29 is 4.52 Å². The minimum absolute atomic E-state index is 0.527. The molecule has 2 heterocycles. The third-order valence-corrected chi connectivity index (χ3v) is 4.57. The second kappa shape index (κ2) is 5.97. The Hall–Kier alpha value is -2.46. The first-order valence-electron chi connectivity index (χ1n) is 7.92. The van der Waals surface area contributed by atoms with E-state index in [-0.39, 0.29) is 0 Å². The van der Waals surface area contributed by atoms with Crippen LogP contribution in [0.2, 0.25) is 0 Å². The minimum atomic E-state index is 0.527. The van der Waals surface area contributed by atoms with Gasteiger partial charge in [0.15, 0.2) is 5.76 Å². The monoisotopic (exact) mass is 305 g/mol. The first-order valence-corrected chi connectivity index (χ1v) is 7.92. The van der Waals surface area contributed by atoms with Crippen molar-refractivity contribution in [2.24, 2.45) is 0 Å². The molecule has 4 rings (SSSR count). The van der Waals surface area contributed by atoms with Crippen molar-refractivity contribution in [2.75, 3.05) is 7.05 Å². The highest BCUT2D eigenvalue weighted by molar-refractivity contribution is 5.57. The molecule has 0 fully saturated rings. The molecule has 0 unspecified atom stereocenters. The first-order chi connectivity index (χ1) is 11.3. The topological polar surface area (TPSA) is 42.2 Å². The van der Waals surface area contributed by atoms with Crippen LogP contribution < -0.4 is 0 Å². The van der Waals surface area contributed by atoms with Gasteiger partial charge in [0.1, 0.15) is 5.69 Å². The Morgan fingerprint density at radius 1 is 1.13 bits per heavy atom. The average Bonchev–Trinajstić information content (AvgIpc) is 3.22. The summed E-state index contributed by atoms with van der Waals surface area (Å²) in [6, 6.07) is 15.2. The number of rotatable bonds is 4. The molecule has 0 amide bonds. The Balaban J connectivity index is 1.44. The van der Waals surface area contributed by atoms with E-state index in [1.165, 1.54) is 11.1 Å². The van der Waals surface area contributed by atoms with Gasteiger partial charge in [-0.3, -0.25) is 9.88 Å². The largest absolute Gasteiger partial charge is 0.359 e. The van der Waals surface area contributed by atoms with E-state index < -0.39 is 0 Å². The van der Waals surface area contributed by atoms with Crippen LogP contribution in [0.25, 0.3) is 11.3 Å². The van der Waals surface area contributed by atoms with Crippen molar-refractivity contribution in [1.82, 2.24) is 15.0 Å². The van der Waals surface area contributed by atoms with E-state index in [0.717, 1.165) is 36.4 Å². The molecule has 2 aromatic heterocycles. The van der Waals surface area contributed by atoms with E-state index >= 15 is 0 Å². The molecule has 0 atom stereocenters. The van der Waals surface area contributed by atoms with Crippen molar-refractivity contribution >= 4 is 0 Å². The fourth-order valence-corrected chi connectivity index (χ4v) is 3.26. The molecule has 116 valence electrons. The molecular weight excluding hydrogens is 286 g/mol. The van der Waals surface area contributed by atoms with E-state index in [9.17, 15) is 0 Å². The predicted molar refractivity (Wildman–Crippen MR) is 88.8 cm³/mol. The Morgan fingerprint density at radius 2 is 1.91 bits per heavy atom. The lowest BCUT2D eigenvalue weighted by Gasteiger charge is -2.22. The Labute approximate surface area is 135 Å². The van der Waals surface area contributed by atoms with Gasteiger partial charge in [0.2, 0.25) is 0 Å². The van der Waals surface area contributed by atoms with Crippen molar-refractivity contribution in [3.05, 3.63) is 71.7 Å². The Kier molecular flexibility index (Phi) is 3.67. The lowest BCUT2D eigenvalue weighted by molar-refractivity contribution is 0.212. The Bertz CT molecular complexity index is 772. The summed E-state index contributed by atoms with van der Waals surface area (Å²) in [5.74, 6) is 0.891. The summed E-state index contributed by atoms with van der Waals surface area (Å²) in [5.41, 5.74) is 4.77. The van der Waals surface area contributed by atoms with Crippen molar-refractivity contribution in [3.63, 3.8) is 0 Å². The summed E-state index contributed by atoms with van der Waals surface area (Å²) in [4.78, 5) is 6.48. The predicted octanol–water partition coefficient (Wildman–Crippen LogP) is 3.34. The highest BCUT2D eigenvalue weighted by Gasteiger charge is 2.25. The number of nitrogens with zero attached hydrogens (tertiary/aromatic N) is 3. The second-order valence-corrected chi connectivity index (χ2v) is 6.17. The normalized spacial score (nSPS) is 14.3. The van der Waals surface area contributed by atoms with Crippen LogP contribution in [0.1, 0.15) is 16.9 Å². The van der Waals surface area contributed by atoms with Gasteiger partial charge in [-0.15, -0.1) is 0 Å². The number of benzene rings is 1. The maximum atomic E-state index is 5.51. The zero-order valence-electron chi connectivity index (χ0n) is 13.1. The lowest BCUT2D eigenvalue weighted by Crippen LogP contribution is -2.31. The van der Waals surface area contributed by atoms with E-state index in [1.807, 2.05) is 18.2 Å². The summed E-state index contributed by atoms with van der Waals surface area (Å²) >= 11 is 0. The van der Waals surface area contributed by atoms with Gasteiger partial charge in [0.25, 0.3) is 0 Å². The number of hydrogen-bond acceptors (Lipinski definition) is 4. The number of pyridine rings is 1. The molecule has 0 N–H and O–H groups in total. The molecule has 0 spiro atoms. The fraction of sp³-hybridized carbons (Fsp3) is 0.263. The smallest absolute Gasteiger partial charge is 0.151 e. The molecule has 0 bridgehead atoms. The fourth-order valence-electron chi connectivity index (χ4n) is 3.26. The molecule has 1 aliphatic carbocycles. The van der Waals surface area contributed by atoms with Crippen LogP contribution in [0.4, 0.5) is 0 Å². The molecule has 23 heavy (non-hydrogen) atoms. The molecule has 1 aromatic carbocycles. The quantitative estimate of drug-likeness (QED) is 0.741. The number of likely N-dealkylation sites (N-methyl/N-ethyl adjacent to an activating group) is 1. The van der Waals surface area contributed by atoms with Crippen LogP contribution in [0, 0.1) is 0 Å². The van der Waals surface area contributed by atoms with Gasteiger partial charge in [0, 0.05) is 30.1 Å². The first kappa shape index (κ1) is 14.2. The molecular formula is C19H19N3O. The van der Waals surface area contributed by atoms with E-state index in [1.54, 1.807) is 12.4 Å². The minimum Gasteiger partial charge on any atom is -0.359 e. The number of hydrogen-bond donors (Lipinski definition) is 0. The summed E-state index contributed by atoms with van der Waals surface area (Å²) in [6.07, 6.45) is 5.78. The maximum absolute atomic E-state index is 5.51. The van der Waals surface area contributed by atoms with Crippen LogP contribution >= 0.6 is 0 Å². The van der Waals surface area contributed by atoms with Crippen LogP contribution in [-0.4, -0.2) is 28.1 Å². The molecule has 0 saturated heterocycles. The molecule has 0 radical (unpaired) electrons. The van der Waals surface area contributed by atoms with Crippen molar-refractivity contribution in [1.29, 1.82) is 0 Å². The molecule has 3 aromatic rings. The Morgan fingerprint density at radius 3 is 2.61 bits per heavy atom. The molecule has 4 nitrogen and oxygen atoms in total. The molecule has 0 saturated carbocycles. The van der Waals surface area contributed by atoms with E-state index in [2.05, 4.69) is 46.4 Å². The van der Waals surface area contributed by atoms with Crippen LogP contribution in [0.15, 0.2) is 59.4 Å². The lowest BCUT2D eigenvalue weighted by atomic mass is 10.1. The van der Waals surface area contributed by atoms with Crippen LogP contribution in [-0.2, 0) is 19.4 Å². The van der Waals surface area contributed by atoms with Crippen LogP contribution in [0.3, 0.4) is 0 Å². The van der Waals surface area contributed by atoms with Gasteiger partial charge in [-0.05, 0) is 43.1 Å². The van der Waals surface area contributed by atoms with Gasteiger partial charge in [-0.1, -0.05) is 29.4 Å². The summed E-state index contributed by atoms with van der Waals surface area (Å²) in [6.45, 7) is 0.770. The van der Waals surface area contributed by atoms with Crippen LogP contribution in [0.5, 0.6) is 0 Å². The summed E-state index contributed by atoms with van der Waals surface area (Å²) < 4.78 is 5.51. The molecule has 4 heteroatoms. The van der Waals surface area contributed by atoms with Crippen molar-refractivity contribution in [3.8, 4) is 11.3 Å². The third-order valence-electron chi connectivity index (χ3n) is 4.57. The van der Waals surface area contributed by atoms with Crippen molar-refractivity contribution in [2.45, 2.75) is 25.4 Å². The van der Waals surface area contributed by atoms with Gasteiger partial charge in [-0.25, -0.2) is 0 Å². The van der Waals surface area contributed by atoms with E-state index in [4.69, 9.17) is 4.52 Å². The summed E-state index contributed by atoms with van der Waals surface area (Å²) in [7, 11) is 2.16. The number of aromatic nitrogens is 2. The third kappa shape index (κ3) is 2.90. The average molecular weight is 305 g/mol. The standard InChI is InChI=1S/C19H19N3O/c1-22(17-9-14-5-2-3-6-15(14)10-17)13-18-11-19(21-23-18)16-7-4-8-20-12-16/h2-8,11-12,17H,9-10,13H2,1H3. The van der Waals surface area contributed by atoms with Gasteiger partial charge in [0.05, 0.1) is 6.54 Å². The van der Waals surface area contributed by atoms with Gasteiger partial charge < -0.3 is 4.52 Å². The second-order valence-electron chi connectivity index (χ2n) is 6.17. The SMILES string of the molecule is CN(Cc1cc(-c2cccnc2)no1)C1Cc2ccccc2C1. The summed E-state index contributed by atoms with van der Waals surface area (Å²) in [5, 5.41) is 4.16. The van der Waals surface area contributed by atoms with Gasteiger partial charge >= 0.3 is 0 Å². The molecule has 1 aliphatic rings. The maximum Gasteiger partial charge on any atom is 0.151 e. The zero-order chi connectivity index (χ0) is 15.6.